The molecule has 2 atom stereocenters. The van der Waals surface area contributed by atoms with E-state index in [0.29, 0.717) is 40.8 Å². The predicted molar refractivity (Wildman–Crippen MR) is 126 cm³/mol. The van der Waals surface area contributed by atoms with Gasteiger partial charge in [-0.15, -0.1) is 0 Å². The van der Waals surface area contributed by atoms with Crippen molar-refractivity contribution in [2.75, 3.05) is 13.2 Å². The van der Waals surface area contributed by atoms with E-state index in [1.165, 1.54) is 18.7 Å². The summed E-state index contributed by atoms with van der Waals surface area (Å²) in [5.41, 5.74) is 1.47. The molecule has 0 saturated carbocycles. The number of aliphatic imine (C=N–C) groups is 1. The van der Waals surface area contributed by atoms with Gasteiger partial charge in [-0.3, -0.25) is 14.5 Å². The molecule has 0 bridgehead atoms. The molecule has 1 aromatic rings. The average molecular weight is 475 g/mol. The highest BCUT2D eigenvalue weighted by Crippen LogP contribution is 2.45. The number of allylic oxidation sites excluding steroid dienone is 1. The van der Waals surface area contributed by atoms with Gasteiger partial charge in [-0.1, -0.05) is 38.6 Å². The summed E-state index contributed by atoms with van der Waals surface area (Å²) < 4.78 is 16.5. The van der Waals surface area contributed by atoms with Crippen LogP contribution in [0.3, 0.4) is 0 Å². The van der Waals surface area contributed by atoms with E-state index in [2.05, 4.69) is 4.99 Å². The van der Waals surface area contributed by atoms with E-state index < -0.39 is 18.0 Å². The summed E-state index contributed by atoms with van der Waals surface area (Å²) in [5, 5.41) is 0.300. The summed E-state index contributed by atoms with van der Waals surface area (Å²) >= 11 is 1.40. The van der Waals surface area contributed by atoms with Gasteiger partial charge >= 0.3 is 11.9 Å². The van der Waals surface area contributed by atoms with Gasteiger partial charge in [-0.2, -0.15) is 0 Å². The normalized spacial score (nSPS) is 20.0. The van der Waals surface area contributed by atoms with E-state index >= 15 is 0 Å². The lowest BCUT2D eigenvalue weighted by Crippen LogP contribution is -2.41. The number of carbonyl (C=O) groups excluding carboxylic acids is 3. The van der Waals surface area contributed by atoms with Gasteiger partial charge in [-0.05, 0) is 43.9 Å². The van der Waals surface area contributed by atoms with E-state index in [0.717, 1.165) is 0 Å². The van der Waals surface area contributed by atoms with Crippen LogP contribution < -0.4 is 9.47 Å². The number of hydrogen-bond donors (Lipinski definition) is 0. The van der Waals surface area contributed by atoms with Gasteiger partial charge in [0.1, 0.15) is 0 Å². The second-order valence-corrected chi connectivity index (χ2v) is 9.41. The van der Waals surface area contributed by atoms with Gasteiger partial charge in [0.15, 0.2) is 16.7 Å². The Morgan fingerprint density at radius 2 is 1.94 bits per heavy atom. The predicted octanol–water partition coefficient (Wildman–Crippen LogP) is 4.25. The molecule has 0 unspecified atom stereocenters. The molecule has 8 nitrogen and oxygen atoms in total. The van der Waals surface area contributed by atoms with Crippen molar-refractivity contribution in [3.8, 4) is 11.5 Å². The molecule has 2 aliphatic heterocycles. The minimum absolute atomic E-state index is 0.102. The Hall–Kier alpha value is -2.81. The molecule has 0 aromatic heterocycles. The maximum absolute atomic E-state index is 13.3. The zero-order chi connectivity index (χ0) is 24.3. The van der Waals surface area contributed by atoms with Crippen molar-refractivity contribution in [1.29, 1.82) is 0 Å². The lowest BCUT2D eigenvalue weighted by Gasteiger charge is -2.33. The topological polar surface area (TPSA) is 94.5 Å². The van der Waals surface area contributed by atoms with Crippen LogP contribution in [-0.4, -0.2) is 46.4 Å². The Kier molecular flexibility index (Phi) is 7.84. The lowest BCUT2D eigenvalue weighted by atomic mass is 9.93. The number of esters is 2. The highest BCUT2D eigenvalue weighted by molar-refractivity contribution is 8.15. The number of amides is 1. The zero-order valence-electron chi connectivity index (χ0n) is 19.8. The molecular formula is C24H30N2O6S. The van der Waals surface area contributed by atoms with Crippen LogP contribution in [0, 0.1) is 5.92 Å². The molecule has 9 heteroatoms. The summed E-state index contributed by atoms with van der Waals surface area (Å²) in [6.07, 6.45) is 0.646. The zero-order valence-corrected chi connectivity index (χ0v) is 20.7. The number of hydrogen-bond acceptors (Lipinski definition) is 8. The minimum Gasteiger partial charge on any atom is -0.490 e. The third-order valence-corrected chi connectivity index (χ3v) is 6.45. The van der Waals surface area contributed by atoms with E-state index in [4.69, 9.17) is 14.2 Å². The molecule has 1 amide bonds. The summed E-state index contributed by atoms with van der Waals surface area (Å²) in [6, 6.07) is 4.33. The molecular weight excluding hydrogens is 444 g/mol. The quantitative estimate of drug-likeness (QED) is 0.411. The van der Waals surface area contributed by atoms with Crippen molar-refractivity contribution in [2.45, 2.75) is 59.3 Å². The van der Waals surface area contributed by atoms with Crippen molar-refractivity contribution in [2.24, 2.45) is 10.9 Å². The number of amidine groups is 1. The molecule has 0 N–H and O–H groups in total. The summed E-state index contributed by atoms with van der Waals surface area (Å²) in [5.74, 6) is -0.286. The minimum atomic E-state index is -0.723. The number of rotatable bonds is 8. The van der Waals surface area contributed by atoms with Crippen LogP contribution in [-0.2, 0) is 19.1 Å². The van der Waals surface area contributed by atoms with E-state index in [9.17, 15) is 14.4 Å². The van der Waals surface area contributed by atoms with Gasteiger partial charge in [0.05, 0.1) is 35.8 Å². The molecule has 1 saturated heterocycles. The second kappa shape index (κ2) is 10.4. The van der Waals surface area contributed by atoms with Gasteiger partial charge in [-0.25, -0.2) is 9.79 Å². The lowest BCUT2D eigenvalue weighted by molar-refractivity contribution is -0.141. The summed E-state index contributed by atoms with van der Waals surface area (Å²) in [6.45, 7) is 11.4. The van der Waals surface area contributed by atoms with Crippen LogP contribution in [0.5, 0.6) is 11.5 Å². The first-order valence-electron chi connectivity index (χ1n) is 11.1. The average Bonchev–Trinajstić information content (AvgIpc) is 3.07. The maximum atomic E-state index is 13.3. The maximum Gasteiger partial charge on any atom is 0.338 e. The molecule has 2 heterocycles. The molecule has 1 fully saturated rings. The standard InChI is InChI=1S/C24H30N2O6S/c1-7-19-22(28)26-21(16-9-10-17(32-15(6)27)18(11-16)30-8-2)20(14(5)25-24(26)33-19)23(29)31-12-13(3)4/h9-11,13,19,21H,7-8,12H2,1-6H3/t19-,21-/m1/s1. The van der Waals surface area contributed by atoms with Crippen LogP contribution in [0.2, 0.25) is 0 Å². The number of benzene rings is 1. The highest BCUT2D eigenvalue weighted by Gasteiger charge is 2.47. The van der Waals surface area contributed by atoms with E-state index in [1.54, 1.807) is 30.0 Å². The summed E-state index contributed by atoms with van der Waals surface area (Å²) in [4.78, 5) is 44.1. The van der Waals surface area contributed by atoms with Crippen molar-refractivity contribution >= 4 is 34.8 Å². The number of fused-ring (bicyclic) bond motifs is 1. The SMILES string of the molecule is CCOc1cc([C@@H]2C(C(=O)OCC(C)C)=C(C)N=C3S[C@H](CC)C(=O)N32)ccc1OC(C)=O. The first kappa shape index (κ1) is 24.8. The van der Waals surface area contributed by atoms with Crippen LogP contribution in [0.1, 0.15) is 59.6 Å². The Labute approximate surface area is 198 Å². The first-order chi connectivity index (χ1) is 15.7. The highest BCUT2D eigenvalue weighted by atomic mass is 32.2. The fourth-order valence-electron chi connectivity index (χ4n) is 3.69. The van der Waals surface area contributed by atoms with Crippen molar-refractivity contribution in [3.63, 3.8) is 0 Å². The van der Waals surface area contributed by atoms with Gasteiger partial charge in [0.2, 0.25) is 5.91 Å². The summed E-state index contributed by atoms with van der Waals surface area (Å²) in [7, 11) is 0. The molecule has 178 valence electrons. The van der Waals surface area contributed by atoms with Gasteiger partial charge in [0, 0.05) is 6.92 Å². The molecule has 0 spiro atoms. The van der Waals surface area contributed by atoms with Gasteiger partial charge in [0.25, 0.3) is 0 Å². The Balaban J connectivity index is 2.12. The number of thioether (sulfide) groups is 1. The molecule has 3 rings (SSSR count). The molecule has 33 heavy (non-hydrogen) atoms. The van der Waals surface area contributed by atoms with Crippen LogP contribution >= 0.6 is 11.8 Å². The number of nitrogens with zero attached hydrogens (tertiary/aromatic N) is 2. The van der Waals surface area contributed by atoms with Crippen molar-refractivity contribution < 1.29 is 28.6 Å². The van der Waals surface area contributed by atoms with Crippen molar-refractivity contribution in [1.82, 2.24) is 4.90 Å². The first-order valence-corrected chi connectivity index (χ1v) is 12.0. The van der Waals surface area contributed by atoms with Crippen LogP contribution in [0.25, 0.3) is 0 Å². The third kappa shape index (κ3) is 5.24. The third-order valence-electron chi connectivity index (χ3n) is 5.13. The molecule has 1 aromatic carbocycles. The Morgan fingerprint density at radius 3 is 2.55 bits per heavy atom. The van der Waals surface area contributed by atoms with Crippen LogP contribution in [0.4, 0.5) is 0 Å². The largest absolute Gasteiger partial charge is 0.490 e. The van der Waals surface area contributed by atoms with Gasteiger partial charge < -0.3 is 14.2 Å². The Morgan fingerprint density at radius 1 is 1.21 bits per heavy atom. The Bertz CT molecular complexity index is 1020. The fraction of sp³-hybridized carbons (Fsp3) is 0.500. The molecule has 0 aliphatic carbocycles. The van der Waals surface area contributed by atoms with Crippen molar-refractivity contribution in [3.05, 3.63) is 35.0 Å². The molecule has 2 aliphatic rings. The number of carbonyl (C=O) groups is 3. The second-order valence-electron chi connectivity index (χ2n) is 8.24. The smallest absolute Gasteiger partial charge is 0.338 e. The van der Waals surface area contributed by atoms with Crippen LogP contribution in [0.15, 0.2) is 34.5 Å². The fourth-order valence-corrected chi connectivity index (χ4v) is 4.82. The number of ether oxygens (including phenoxy) is 3. The molecule has 0 radical (unpaired) electrons. The van der Waals surface area contributed by atoms with E-state index in [-0.39, 0.29) is 29.4 Å². The monoisotopic (exact) mass is 474 g/mol. The van der Waals surface area contributed by atoms with E-state index in [1.807, 2.05) is 27.7 Å².